The van der Waals surface area contributed by atoms with Gasteiger partial charge in [-0.2, -0.15) is 5.10 Å². The molecule has 0 bridgehead atoms. The van der Waals surface area contributed by atoms with Crippen molar-refractivity contribution in [2.45, 2.75) is 19.6 Å². The molecule has 1 aliphatic heterocycles. The first-order valence-corrected chi connectivity index (χ1v) is 9.84. The third-order valence-corrected chi connectivity index (χ3v) is 5.72. The molecule has 1 atom stereocenters. The fraction of sp³-hybridized carbons (Fsp3) is 0.318. The number of halogens is 1. The Morgan fingerprint density at radius 3 is 2.41 bits per heavy atom. The lowest BCUT2D eigenvalue weighted by molar-refractivity contribution is 0.0739. The Balaban J connectivity index is 1.49. The molecule has 0 spiro atoms. The first-order valence-electron chi connectivity index (χ1n) is 9.47. The molecule has 1 unspecified atom stereocenters. The summed E-state index contributed by atoms with van der Waals surface area (Å²) in [6, 6.07) is 18.8. The molecule has 5 heteroatoms. The molecule has 0 radical (unpaired) electrons. The van der Waals surface area contributed by atoms with Crippen molar-refractivity contribution < 1.29 is 0 Å². The lowest BCUT2D eigenvalue weighted by Crippen LogP contribution is -2.48. The standard InChI is InChI=1S/C22H25ClN4/c1-18-7-2-4-9-20(18)22(27-12-6-11-24-27)26-15-13-25(14-16-26)17-19-8-3-5-10-21(19)23/h2-12,22H,13-17H2,1H3. The molecule has 1 saturated heterocycles. The van der Waals surface area contributed by atoms with Crippen LogP contribution in [0.5, 0.6) is 0 Å². The topological polar surface area (TPSA) is 24.3 Å². The number of aryl methyl sites for hydroxylation is 1. The van der Waals surface area contributed by atoms with Gasteiger partial charge in [-0.3, -0.25) is 14.5 Å². The van der Waals surface area contributed by atoms with Crippen molar-refractivity contribution in [1.82, 2.24) is 19.6 Å². The van der Waals surface area contributed by atoms with Gasteiger partial charge < -0.3 is 0 Å². The second-order valence-corrected chi connectivity index (χ2v) is 7.53. The highest BCUT2D eigenvalue weighted by molar-refractivity contribution is 6.31. The maximum Gasteiger partial charge on any atom is 0.130 e. The Kier molecular flexibility index (Phi) is 5.58. The number of nitrogens with zero attached hydrogens (tertiary/aromatic N) is 4. The third-order valence-electron chi connectivity index (χ3n) is 5.35. The summed E-state index contributed by atoms with van der Waals surface area (Å²) in [6.45, 7) is 7.14. The maximum atomic E-state index is 6.34. The summed E-state index contributed by atoms with van der Waals surface area (Å²) < 4.78 is 2.08. The van der Waals surface area contributed by atoms with Crippen LogP contribution in [0.2, 0.25) is 5.02 Å². The van der Waals surface area contributed by atoms with Crippen molar-refractivity contribution in [3.05, 3.63) is 88.7 Å². The largest absolute Gasteiger partial charge is 0.296 e. The van der Waals surface area contributed by atoms with E-state index in [1.54, 1.807) is 0 Å². The van der Waals surface area contributed by atoms with Gasteiger partial charge in [0.2, 0.25) is 0 Å². The van der Waals surface area contributed by atoms with E-state index < -0.39 is 0 Å². The second kappa shape index (κ2) is 8.26. The molecule has 4 nitrogen and oxygen atoms in total. The highest BCUT2D eigenvalue weighted by atomic mass is 35.5. The van der Waals surface area contributed by atoms with E-state index in [0.29, 0.717) is 0 Å². The summed E-state index contributed by atoms with van der Waals surface area (Å²) in [4.78, 5) is 5.01. The number of hydrogen-bond donors (Lipinski definition) is 0. The minimum Gasteiger partial charge on any atom is -0.296 e. The predicted octanol–water partition coefficient (Wildman–Crippen LogP) is 4.21. The molecular formula is C22H25ClN4. The van der Waals surface area contributed by atoms with Crippen LogP contribution in [0.25, 0.3) is 0 Å². The molecule has 4 rings (SSSR count). The van der Waals surface area contributed by atoms with E-state index in [2.05, 4.69) is 69.1 Å². The van der Waals surface area contributed by atoms with Crippen LogP contribution in [0.1, 0.15) is 22.9 Å². The lowest BCUT2D eigenvalue weighted by atomic mass is 10.0. The molecule has 0 amide bonds. The molecule has 0 saturated carbocycles. The molecule has 1 aromatic heterocycles. The van der Waals surface area contributed by atoms with Gasteiger partial charge in [-0.15, -0.1) is 0 Å². The summed E-state index contributed by atoms with van der Waals surface area (Å²) in [5.41, 5.74) is 3.83. The second-order valence-electron chi connectivity index (χ2n) is 7.12. The van der Waals surface area contributed by atoms with Gasteiger partial charge in [0.15, 0.2) is 0 Å². The number of hydrogen-bond acceptors (Lipinski definition) is 3. The van der Waals surface area contributed by atoms with Gasteiger partial charge in [-0.05, 0) is 35.7 Å². The molecular weight excluding hydrogens is 356 g/mol. The van der Waals surface area contributed by atoms with Crippen LogP contribution < -0.4 is 0 Å². The summed E-state index contributed by atoms with van der Waals surface area (Å²) >= 11 is 6.34. The van der Waals surface area contributed by atoms with Crippen LogP contribution in [0.4, 0.5) is 0 Å². The van der Waals surface area contributed by atoms with Gasteiger partial charge in [0.05, 0.1) is 0 Å². The SMILES string of the molecule is Cc1ccccc1C(N1CCN(Cc2ccccc2Cl)CC1)n1cccn1. The van der Waals surface area contributed by atoms with Crippen molar-refractivity contribution in [2.24, 2.45) is 0 Å². The van der Waals surface area contributed by atoms with Crippen LogP contribution >= 0.6 is 11.6 Å². The predicted molar refractivity (Wildman–Crippen MR) is 110 cm³/mol. The number of rotatable bonds is 5. The van der Waals surface area contributed by atoms with Crippen LogP contribution in [0.3, 0.4) is 0 Å². The highest BCUT2D eigenvalue weighted by Gasteiger charge is 2.27. The number of piperazine rings is 1. The molecule has 0 N–H and O–H groups in total. The van der Waals surface area contributed by atoms with Crippen LogP contribution in [-0.2, 0) is 6.54 Å². The Labute approximate surface area is 166 Å². The van der Waals surface area contributed by atoms with E-state index in [-0.39, 0.29) is 6.17 Å². The Morgan fingerprint density at radius 1 is 0.963 bits per heavy atom. The fourth-order valence-electron chi connectivity index (χ4n) is 3.84. The van der Waals surface area contributed by atoms with Gasteiger partial charge >= 0.3 is 0 Å². The monoisotopic (exact) mass is 380 g/mol. The van der Waals surface area contributed by atoms with Gasteiger partial charge in [0, 0.05) is 50.1 Å². The smallest absolute Gasteiger partial charge is 0.130 e. The first kappa shape index (κ1) is 18.2. The summed E-state index contributed by atoms with van der Waals surface area (Å²) in [5, 5.41) is 5.41. The molecule has 1 fully saturated rings. The molecule has 2 aromatic carbocycles. The van der Waals surface area contributed by atoms with Crippen molar-refractivity contribution in [3.8, 4) is 0 Å². The first-order chi connectivity index (χ1) is 13.2. The zero-order valence-corrected chi connectivity index (χ0v) is 16.4. The summed E-state index contributed by atoms with van der Waals surface area (Å²) in [5.74, 6) is 0. The number of benzene rings is 2. The quantitative estimate of drug-likeness (QED) is 0.662. The van der Waals surface area contributed by atoms with Crippen LogP contribution in [0.15, 0.2) is 67.0 Å². The van der Waals surface area contributed by atoms with Crippen molar-refractivity contribution in [3.63, 3.8) is 0 Å². The zero-order chi connectivity index (χ0) is 18.6. The van der Waals surface area contributed by atoms with Crippen LogP contribution in [0, 0.1) is 6.92 Å². The van der Waals surface area contributed by atoms with E-state index >= 15 is 0 Å². The number of aromatic nitrogens is 2. The average molecular weight is 381 g/mol. The van der Waals surface area contributed by atoms with Gasteiger partial charge in [0.25, 0.3) is 0 Å². The summed E-state index contributed by atoms with van der Waals surface area (Å²) in [7, 11) is 0. The van der Waals surface area contributed by atoms with Gasteiger partial charge in [0.1, 0.15) is 6.17 Å². The molecule has 0 aliphatic carbocycles. The molecule has 27 heavy (non-hydrogen) atoms. The Hall–Kier alpha value is -2.14. The molecule has 3 aromatic rings. The van der Waals surface area contributed by atoms with Crippen molar-refractivity contribution >= 4 is 11.6 Å². The Bertz CT molecular complexity index is 870. The van der Waals surface area contributed by atoms with E-state index in [1.165, 1.54) is 16.7 Å². The fourth-order valence-corrected chi connectivity index (χ4v) is 4.04. The lowest BCUT2D eigenvalue weighted by Gasteiger charge is -2.40. The van der Waals surface area contributed by atoms with E-state index in [1.807, 2.05) is 24.4 Å². The molecule has 2 heterocycles. The van der Waals surface area contributed by atoms with Gasteiger partial charge in [-0.25, -0.2) is 0 Å². The highest BCUT2D eigenvalue weighted by Crippen LogP contribution is 2.27. The molecule has 1 aliphatic rings. The maximum absolute atomic E-state index is 6.34. The third kappa shape index (κ3) is 4.08. The normalized spacial score (nSPS) is 17.1. The van der Waals surface area contributed by atoms with Crippen molar-refractivity contribution in [2.75, 3.05) is 26.2 Å². The minimum atomic E-state index is 0.142. The van der Waals surface area contributed by atoms with Gasteiger partial charge in [-0.1, -0.05) is 54.1 Å². The van der Waals surface area contributed by atoms with E-state index in [0.717, 1.165) is 37.7 Å². The average Bonchev–Trinajstić information content (AvgIpc) is 3.21. The van der Waals surface area contributed by atoms with Crippen LogP contribution in [-0.4, -0.2) is 45.8 Å². The Morgan fingerprint density at radius 2 is 1.70 bits per heavy atom. The van der Waals surface area contributed by atoms with E-state index in [4.69, 9.17) is 11.6 Å². The van der Waals surface area contributed by atoms with E-state index in [9.17, 15) is 0 Å². The summed E-state index contributed by atoms with van der Waals surface area (Å²) in [6.07, 6.45) is 4.07. The minimum absolute atomic E-state index is 0.142. The zero-order valence-electron chi connectivity index (χ0n) is 15.6. The van der Waals surface area contributed by atoms with Crippen molar-refractivity contribution in [1.29, 1.82) is 0 Å². The molecule has 140 valence electrons.